The number of halogens is 2. The van der Waals surface area contributed by atoms with E-state index in [-0.39, 0.29) is 30.3 Å². The topological polar surface area (TPSA) is 74.6 Å². The maximum absolute atomic E-state index is 13.6. The highest BCUT2D eigenvalue weighted by atomic mass is 19.1. The summed E-state index contributed by atoms with van der Waals surface area (Å²) < 4.78 is 37.5. The number of hydrogen-bond acceptors (Lipinski definition) is 4. The van der Waals surface area contributed by atoms with Crippen molar-refractivity contribution in [2.75, 3.05) is 27.4 Å². The van der Waals surface area contributed by atoms with Gasteiger partial charge in [-0.15, -0.1) is 0 Å². The van der Waals surface area contributed by atoms with Crippen LogP contribution in [0.1, 0.15) is 17.5 Å². The van der Waals surface area contributed by atoms with E-state index >= 15 is 0 Å². The number of urea groups is 1. The van der Waals surface area contributed by atoms with Crippen LogP contribution in [-0.4, -0.2) is 50.4 Å². The summed E-state index contributed by atoms with van der Waals surface area (Å²) in [6, 6.07) is 3.06. The maximum atomic E-state index is 13.6. The molecule has 0 unspecified atom stereocenters. The quantitative estimate of drug-likeness (QED) is 0.887. The van der Waals surface area contributed by atoms with E-state index in [9.17, 15) is 13.6 Å². The number of nitriles is 1. The first kappa shape index (κ1) is 18.1. The average Bonchev–Trinajstić information content (AvgIpc) is 2.96. The predicted molar refractivity (Wildman–Crippen MR) is 81.1 cm³/mol. The van der Waals surface area contributed by atoms with Crippen molar-refractivity contribution < 1.29 is 23.0 Å². The highest BCUT2D eigenvalue weighted by Crippen LogP contribution is 2.20. The van der Waals surface area contributed by atoms with E-state index in [0.717, 1.165) is 12.1 Å². The fourth-order valence-electron chi connectivity index (χ4n) is 2.76. The second-order valence-corrected chi connectivity index (χ2v) is 5.56. The van der Waals surface area contributed by atoms with Crippen molar-refractivity contribution in [1.29, 1.82) is 5.26 Å². The van der Waals surface area contributed by atoms with Gasteiger partial charge in [-0.05, 0) is 24.1 Å². The standard InChI is InChI=1S/C16H19F2N3O3/c1-23-9-11-5-12(24-2)8-21(11)16(22)20-7-10-3-14(17)13(6-19)15(18)4-10/h3-4,11-12H,5,7-9H2,1-2H3,(H,20,22)/t11-,12-/m0/s1. The van der Waals surface area contributed by atoms with Gasteiger partial charge < -0.3 is 19.7 Å². The van der Waals surface area contributed by atoms with Crippen LogP contribution in [0.5, 0.6) is 0 Å². The van der Waals surface area contributed by atoms with Crippen LogP contribution in [0.25, 0.3) is 0 Å². The third-order valence-electron chi connectivity index (χ3n) is 3.99. The third kappa shape index (κ3) is 3.99. The molecule has 1 aromatic rings. The van der Waals surface area contributed by atoms with E-state index < -0.39 is 17.2 Å². The number of amides is 2. The Bertz CT molecular complexity index is 625. The van der Waals surface area contributed by atoms with Gasteiger partial charge in [0, 0.05) is 27.3 Å². The van der Waals surface area contributed by atoms with Crippen LogP contribution in [0.4, 0.5) is 13.6 Å². The number of carbonyl (C=O) groups excluding carboxylic acids is 1. The van der Waals surface area contributed by atoms with Crippen molar-refractivity contribution in [3.8, 4) is 6.07 Å². The van der Waals surface area contributed by atoms with Crippen LogP contribution in [0.3, 0.4) is 0 Å². The minimum Gasteiger partial charge on any atom is -0.383 e. The van der Waals surface area contributed by atoms with E-state index in [0.29, 0.717) is 19.6 Å². The monoisotopic (exact) mass is 339 g/mol. The molecule has 130 valence electrons. The molecule has 1 heterocycles. The normalized spacial score (nSPS) is 20.0. The van der Waals surface area contributed by atoms with Gasteiger partial charge in [-0.2, -0.15) is 5.26 Å². The number of nitrogens with zero attached hydrogens (tertiary/aromatic N) is 2. The molecular formula is C16H19F2N3O3. The van der Waals surface area contributed by atoms with E-state index in [1.807, 2.05) is 0 Å². The Hall–Kier alpha value is -2.24. The van der Waals surface area contributed by atoms with Gasteiger partial charge in [-0.3, -0.25) is 0 Å². The summed E-state index contributed by atoms with van der Waals surface area (Å²) in [5, 5.41) is 11.3. The number of likely N-dealkylation sites (tertiary alicyclic amines) is 1. The second kappa shape index (κ2) is 8.04. The van der Waals surface area contributed by atoms with Crippen molar-refractivity contribution in [2.45, 2.75) is 25.1 Å². The summed E-state index contributed by atoms with van der Waals surface area (Å²) >= 11 is 0. The molecule has 6 nitrogen and oxygen atoms in total. The molecule has 1 aromatic carbocycles. The smallest absolute Gasteiger partial charge is 0.318 e. The summed E-state index contributed by atoms with van der Waals surface area (Å²) in [7, 11) is 3.14. The Labute approximate surface area is 138 Å². The summed E-state index contributed by atoms with van der Waals surface area (Å²) in [5.41, 5.74) is -0.393. The molecule has 1 saturated heterocycles. The SMILES string of the molecule is COC[C@@H]1C[C@H](OC)CN1C(=O)NCc1cc(F)c(C#N)c(F)c1. The zero-order valence-corrected chi connectivity index (χ0v) is 13.5. The lowest BCUT2D eigenvalue weighted by molar-refractivity contribution is 0.110. The Kier molecular flexibility index (Phi) is 6.06. The first-order valence-corrected chi connectivity index (χ1v) is 7.44. The number of nitrogens with one attached hydrogen (secondary N) is 1. The lowest BCUT2D eigenvalue weighted by Gasteiger charge is -2.24. The number of ether oxygens (including phenoxy) is 2. The molecule has 0 spiro atoms. The molecule has 0 saturated carbocycles. The van der Waals surface area contributed by atoms with Gasteiger partial charge in [0.2, 0.25) is 0 Å². The van der Waals surface area contributed by atoms with Crippen LogP contribution in [0, 0.1) is 23.0 Å². The van der Waals surface area contributed by atoms with E-state index in [4.69, 9.17) is 14.7 Å². The largest absolute Gasteiger partial charge is 0.383 e. The molecule has 1 aliphatic heterocycles. The van der Waals surface area contributed by atoms with E-state index in [1.165, 1.54) is 6.07 Å². The van der Waals surface area contributed by atoms with Gasteiger partial charge in [-0.25, -0.2) is 13.6 Å². The molecule has 0 aliphatic carbocycles. The Balaban J connectivity index is 2.01. The van der Waals surface area contributed by atoms with E-state index in [1.54, 1.807) is 19.1 Å². The summed E-state index contributed by atoms with van der Waals surface area (Å²) in [4.78, 5) is 13.9. The number of rotatable bonds is 5. The average molecular weight is 339 g/mol. The van der Waals surface area contributed by atoms with Gasteiger partial charge in [0.1, 0.15) is 23.3 Å². The van der Waals surface area contributed by atoms with Crippen LogP contribution < -0.4 is 5.32 Å². The first-order chi connectivity index (χ1) is 11.5. The Morgan fingerprint density at radius 3 is 2.62 bits per heavy atom. The van der Waals surface area contributed by atoms with Crippen LogP contribution in [0.15, 0.2) is 12.1 Å². The fourth-order valence-corrected chi connectivity index (χ4v) is 2.76. The van der Waals surface area contributed by atoms with Gasteiger partial charge in [0.15, 0.2) is 0 Å². The van der Waals surface area contributed by atoms with Crippen molar-refractivity contribution in [3.05, 3.63) is 34.9 Å². The minimum absolute atomic E-state index is 0.0494. The summed E-state index contributed by atoms with van der Waals surface area (Å²) in [6.07, 6.45) is 0.596. The predicted octanol–water partition coefficient (Wildman–Crippen LogP) is 1.78. The first-order valence-electron chi connectivity index (χ1n) is 7.44. The number of benzene rings is 1. The van der Waals surface area contributed by atoms with Gasteiger partial charge >= 0.3 is 6.03 Å². The Morgan fingerprint density at radius 1 is 1.42 bits per heavy atom. The van der Waals surface area contributed by atoms with Crippen molar-refractivity contribution >= 4 is 6.03 Å². The number of methoxy groups -OCH3 is 2. The van der Waals surface area contributed by atoms with Crippen molar-refractivity contribution in [1.82, 2.24) is 10.2 Å². The minimum atomic E-state index is -0.945. The molecule has 8 heteroatoms. The molecule has 2 amide bonds. The zero-order valence-electron chi connectivity index (χ0n) is 13.5. The molecule has 0 aromatic heterocycles. The van der Waals surface area contributed by atoms with Crippen LogP contribution in [-0.2, 0) is 16.0 Å². The molecule has 0 bridgehead atoms. The van der Waals surface area contributed by atoms with E-state index in [2.05, 4.69) is 5.32 Å². The van der Waals surface area contributed by atoms with Crippen molar-refractivity contribution in [2.24, 2.45) is 0 Å². The Morgan fingerprint density at radius 2 is 2.08 bits per heavy atom. The summed E-state index contributed by atoms with van der Waals surface area (Å²) in [5.74, 6) is -1.89. The van der Waals surface area contributed by atoms with Crippen molar-refractivity contribution in [3.63, 3.8) is 0 Å². The summed E-state index contributed by atoms with van der Waals surface area (Å²) in [6.45, 7) is 0.756. The fraction of sp³-hybridized carbons (Fsp3) is 0.500. The van der Waals surface area contributed by atoms with Gasteiger partial charge in [0.25, 0.3) is 0 Å². The molecule has 24 heavy (non-hydrogen) atoms. The number of hydrogen-bond donors (Lipinski definition) is 1. The van der Waals surface area contributed by atoms with Gasteiger partial charge in [-0.1, -0.05) is 0 Å². The highest BCUT2D eigenvalue weighted by molar-refractivity contribution is 5.75. The number of carbonyl (C=O) groups is 1. The zero-order chi connectivity index (χ0) is 17.7. The molecule has 0 radical (unpaired) electrons. The second-order valence-electron chi connectivity index (χ2n) is 5.56. The molecule has 1 aliphatic rings. The molecular weight excluding hydrogens is 320 g/mol. The molecule has 2 atom stereocenters. The van der Waals surface area contributed by atoms with Crippen LogP contribution in [0.2, 0.25) is 0 Å². The maximum Gasteiger partial charge on any atom is 0.318 e. The van der Waals surface area contributed by atoms with Crippen LogP contribution >= 0.6 is 0 Å². The molecule has 1 N–H and O–H groups in total. The molecule has 2 rings (SSSR count). The lowest BCUT2D eigenvalue weighted by Crippen LogP contribution is -2.44. The van der Waals surface area contributed by atoms with Gasteiger partial charge in [0.05, 0.1) is 18.8 Å². The molecule has 1 fully saturated rings. The third-order valence-corrected chi connectivity index (χ3v) is 3.99. The highest BCUT2D eigenvalue weighted by Gasteiger charge is 2.35. The lowest BCUT2D eigenvalue weighted by atomic mass is 10.1.